The molecule has 1 heterocycles. The van der Waals surface area contributed by atoms with Gasteiger partial charge < -0.3 is 5.11 Å². The average Bonchev–Trinajstić information content (AvgIpc) is 2.75. The number of aryl methyl sites for hydroxylation is 1. The minimum absolute atomic E-state index is 0.124. The maximum absolute atomic E-state index is 13.4. The Morgan fingerprint density at radius 2 is 1.79 bits per heavy atom. The summed E-state index contributed by atoms with van der Waals surface area (Å²) in [6, 6.07) is 20.1. The van der Waals surface area contributed by atoms with E-state index in [2.05, 4.69) is 52.4 Å². The van der Waals surface area contributed by atoms with Gasteiger partial charge in [0.15, 0.2) is 0 Å². The molecule has 1 aliphatic rings. The van der Waals surface area contributed by atoms with Crippen molar-refractivity contribution in [1.82, 2.24) is 5.32 Å². The average molecular weight is 453 g/mol. The molecule has 0 aliphatic carbocycles. The fraction of sp³-hybridized carbons (Fsp3) is 0.208. The van der Waals surface area contributed by atoms with Crippen LogP contribution in [0.25, 0.3) is 0 Å². The van der Waals surface area contributed by atoms with E-state index >= 15 is 0 Å². The van der Waals surface area contributed by atoms with Crippen molar-refractivity contribution in [1.29, 1.82) is 0 Å². The maximum atomic E-state index is 13.4. The molecule has 0 fully saturated rings. The standard InChI is InChI=1S/C24H22BrFN2O/c1-2-15-3-5-16(6-4-15)21-14-22(20-13-18(25)9-12-23(20)29)28-24(27-21)17-7-10-19(26)11-8-17/h3-13,22,24,28-29H,2,14H2,1H3/t22-,24-/m0/s1. The molecular formula is C24H22BrFN2O. The Morgan fingerprint density at radius 1 is 1.07 bits per heavy atom. The third-order valence-corrected chi connectivity index (χ3v) is 5.78. The summed E-state index contributed by atoms with van der Waals surface area (Å²) in [5.41, 5.74) is 5.00. The predicted octanol–water partition coefficient (Wildman–Crippen LogP) is 6.08. The van der Waals surface area contributed by atoms with Gasteiger partial charge in [-0.2, -0.15) is 0 Å². The quantitative estimate of drug-likeness (QED) is 0.503. The van der Waals surface area contributed by atoms with E-state index in [0.717, 1.165) is 33.3 Å². The van der Waals surface area contributed by atoms with Crippen LogP contribution in [0.15, 0.2) is 76.2 Å². The molecule has 4 rings (SSSR count). The number of phenolic OH excluding ortho intramolecular Hbond substituents is 1. The Hall–Kier alpha value is -2.50. The van der Waals surface area contributed by atoms with E-state index < -0.39 is 0 Å². The van der Waals surface area contributed by atoms with Gasteiger partial charge in [-0.05, 0) is 53.4 Å². The third-order valence-electron chi connectivity index (χ3n) is 5.29. The summed E-state index contributed by atoms with van der Waals surface area (Å²) in [7, 11) is 0. The predicted molar refractivity (Wildman–Crippen MR) is 118 cm³/mol. The van der Waals surface area contributed by atoms with Gasteiger partial charge in [-0.3, -0.25) is 10.3 Å². The molecule has 0 saturated carbocycles. The van der Waals surface area contributed by atoms with E-state index in [1.165, 1.54) is 17.7 Å². The Balaban J connectivity index is 1.75. The van der Waals surface area contributed by atoms with Crippen molar-refractivity contribution in [2.45, 2.75) is 32.0 Å². The fourth-order valence-electron chi connectivity index (χ4n) is 3.63. The first-order chi connectivity index (χ1) is 14.0. The Bertz CT molecular complexity index is 1030. The minimum atomic E-state index is -0.325. The van der Waals surface area contributed by atoms with Crippen molar-refractivity contribution in [2.75, 3.05) is 0 Å². The Kier molecular flexibility index (Phi) is 5.79. The van der Waals surface area contributed by atoms with E-state index in [1.807, 2.05) is 12.1 Å². The van der Waals surface area contributed by atoms with Gasteiger partial charge in [0.2, 0.25) is 0 Å². The second kappa shape index (κ2) is 8.47. The SMILES string of the molecule is CCc1ccc(C2=N[C@H](c3ccc(F)cc3)N[C@H](c3cc(Br)ccc3O)C2)cc1. The molecule has 2 atom stereocenters. The molecular weight excluding hydrogens is 431 g/mol. The summed E-state index contributed by atoms with van der Waals surface area (Å²) in [6.07, 6.45) is 1.31. The summed E-state index contributed by atoms with van der Waals surface area (Å²) in [4.78, 5) is 4.93. The number of aromatic hydroxyl groups is 1. The van der Waals surface area contributed by atoms with Crippen LogP contribution in [0.2, 0.25) is 0 Å². The first-order valence-electron chi connectivity index (χ1n) is 9.69. The summed E-state index contributed by atoms with van der Waals surface area (Å²) in [5, 5.41) is 14.0. The third kappa shape index (κ3) is 4.41. The van der Waals surface area contributed by atoms with Crippen LogP contribution < -0.4 is 5.32 Å². The van der Waals surface area contributed by atoms with Gasteiger partial charge >= 0.3 is 0 Å². The lowest BCUT2D eigenvalue weighted by molar-refractivity contribution is 0.412. The number of nitrogens with one attached hydrogen (secondary N) is 1. The van der Waals surface area contributed by atoms with Crippen molar-refractivity contribution in [3.8, 4) is 5.75 Å². The summed E-state index contributed by atoms with van der Waals surface area (Å²) < 4.78 is 14.3. The van der Waals surface area contributed by atoms with Crippen LogP contribution in [-0.2, 0) is 6.42 Å². The Morgan fingerprint density at radius 3 is 2.48 bits per heavy atom. The van der Waals surface area contributed by atoms with E-state index in [0.29, 0.717) is 6.42 Å². The topological polar surface area (TPSA) is 44.6 Å². The number of rotatable bonds is 4. The minimum Gasteiger partial charge on any atom is -0.508 e. The first kappa shape index (κ1) is 19.8. The number of phenols is 1. The zero-order valence-electron chi connectivity index (χ0n) is 16.1. The van der Waals surface area contributed by atoms with Crippen LogP contribution in [0.1, 0.15) is 47.8 Å². The summed E-state index contributed by atoms with van der Waals surface area (Å²) in [6.45, 7) is 2.13. The normalized spacial score (nSPS) is 19.1. The van der Waals surface area contributed by atoms with Crippen molar-refractivity contribution >= 4 is 21.6 Å². The number of benzene rings is 3. The lowest BCUT2D eigenvalue weighted by Gasteiger charge is -2.31. The molecule has 3 aromatic rings. The lowest BCUT2D eigenvalue weighted by Crippen LogP contribution is -2.33. The highest BCUT2D eigenvalue weighted by Crippen LogP contribution is 2.35. The fourth-order valence-corrected chi connectivity index (χ4v) is 4.01. The van der Waals surface area contributed by atoms with E-state index in [9.17, 15) is 9.50 Å². The molecule has 0 aromatic heterocycles. The van der Waals surface area contributed by atoms with Gasteiger partial charge in [-0.15, -0.1) is 0 Å². The van der Waals surface area contributed by atoms with Crippen molar-refractivity contribution in [3.05, 3.63) is 99.3 Å². The molecule has 0 saturated heterocycles. The van der Waals surface area contributed by atoms with Gasteiger partial charge in [-0.25, -0.2) is 4.39 Å². The molecule has 0 radical (unpaired) electrons. The largest absolute Gasteiger partial charge is 0.508 e. The lowest BCUT2D eigenvalue weighted by atomic mass is 9.93. The van der Waals surface area contributed by atoms with Crippen LogP contribution in [0.3, 0.4) is 0 Å². The van der Waals surface area contributed by atoms with E-state index in [4.69, 9.17) is 4.99 Å². The highest BCUT2D eigenvalue weighted by molar-refractivity contribution is 9.10. The summed E-state index contributed by atoms with van der Waals surface area (Å²) in [5.74, 6) is -0.0313. The number of nitrogens with zero attached hydrogens (tertiary/aromatic N) is 1. The van der Waals surface area contributed by atoms with E-state index in [1.54, 1.807) is 18.2 Å². The molecule has 0 bridgehead atoms. The van der Waals surface area contributed by atoms with Crippen LogP contribution >= 0.6 is 15.9 Å². The van der Waals surface area contributed by atoms with Gasteiger partial charge in [0.05, 0.1) is 0 Å². The van der Waals surface area contributed by atoms with Crippen molar-refractivity contribution in [3.63, 3.8) is 0 Å². The van der Waals surface area contributed by atoms with Crippen LogP contribution in [0.5, 0.6) is 5.75 Å². The first-order valence-corrected chi connectivity index (χ1v) is 10.5. The molecule has 29 heavy (non-hydrogen) atoms. The molecule has 2 N–H and O–H groups in total. The van der Waals surface area contributed by atoms with Crippen molar-refractivity contribution in [2.24, 2.45) is 4.99 Å². The molecule has 148 valence electrons. The van der Waals surface area contributed by atoms with Gasteiger partial charge in [-0.1, -0.05) is 59.3 Å². The van der Waals surface area contributed by atoms with Gasteiger partial charge in [0, 0.05) is 28.2 Å². The molecule has 1 aliphatic heterocycles. The number of hydrogen-bond acceptors (Lipinski definition) is 3. The number of hydrogen-bond donors (Lipinski definition) is 2. The van der Waals surface area contributed by atoms with Crippen molar-refractivity contribution < 1.29 is 9.50 Å². The number of halogens is 2. The Labute approximate surface area is 178 Å². The molecule has 0 unspecified atom stereocenters. The molecule has 0 amide bonds. The molecule has 3 nitrogen and oxygen atoms in total. The smallest absolute Gasteiger partial charge is 0.126 e. The van der Waals surface area contributed by atoms with Crippen LogP contribution in [0, 0.1) is 5.82 Å². The van der Waals surface area contributed by atoms with E-state index in [-0.39, 0.29) is 23.8 Å². The highest BCUT2D eigenvalue weighted by atomic mass is 79.9. The maximum Gasteiger partial charge on any atom is 0.126 e. The molecule has 3 aromatic carbocycles. The van der Waals surface area contributed by atoms with Gasteiger partial charge in [0.1, 0.15) is 17.7 Å². The zero-order valence-corrected chi connectivity index (χ0v) is 17.7. The molecule has 0 spiro atoms. The van der Waals surface area contributed by atoms with Crippen LogP contribution in [0.4, 0.5) is 4.39 Å². The molecule has 5 heteroatoms. The van der Waals surface area contributed by atoms with Gasteiger partial charge in [0.25, 0.3) is 0 Å². The monoisotopic (exact) mass is 452 g/mol. The summed E-state index contributed by atoms with van der Waals surface area (Å²) >= 11 is 3.50. The second-order valence-electron chi connectivity index (χ2n) is 7.21. The number of aliphatic imine (C=N–C) groups is 1. The zero-order chi connectivity index (χ0) is 20.4. The van der Waals surface area contributed by atoms with Crippen LogP contribution in [-0.4, -0.2) is 10.8 Å². The second-order valence-corrected chi connectivity index (χ2v) is 8.12. The highest BCUT2D eigenvalue weighted by Gasteiger charge is 2.27.